The van der Waals surface area contributed by atoms with Gasteiger partial charge in [-0.05, 0) is 6.07 Å². The molecule has 7 nitrogen and oxygen atoms in total. The summed E-state index contributed by atoms with van der Waals surface area (Å²) in [5.41, 5.74) is 0.596. The predicted molar refractivity (Wildman–Crippen MR) is 104 cm³/mol. The molecular weight excluding hydrogens is 436 g/mol. The number of carbonyl (C=O) groups is 2. The largest absolute Gasteiger partial charge is 0.490 e. The van der Waals surface area contributed by atoms with Crippen LogP contribution < -0.4 is 0 Å². The first-order valence-corrected chi connectivity index (χ1v) is 10.3. The lowest BCUT2D eigenvalue weighted by molar-refractivity contribution is -0.192. The van der Waals surface area contributed by atoms with Gasteiger partial charge in [-0.15, -0.1) is 0 Å². The van der Waals surface area contributed by atoms with Crippen LogP contribution in [0.15, 0.2) is 24.3 Å². The molecule has 0 unspecified atom stereocenters. The van der Waals surface area contributed by atoms with Crippen LogP contribution in [0.1, 0.15) is 12.0 Å². The highest BCUT2D eigenvalue weighted by atomic mass is 19.4. The number of carboxylic acid groups (broad SMARTS) is 1. The number of carboxylic acids is 1. The molecule has 3 heterocycles. The summed E-state index contributed by atoms with van der Waals surface area (Å²) in [6, 6.07) is 6.93. The molecule has 0 spiro atoms. The van der Waals surface area contributed by atoms with Gasteiger partial charge in [-0.25, -0.2) is 9.18 Å². The van der Waals surface area contributed by atoms with E-state index in [0.29, 0.717) is 58.4 Å². The summed E-state index contributed by atoms with van der Waals surface area (Å²) < 4.78 is 56.8. The zero-order chi connectivity index (χ0) is 23.4. The van der Waals surface area contributed by atoms with Crippen LogP contribution in [0.4, 0.5) is 17.6 Å². The van der Waals surface area contributed by atoms with E-state index in [1.165, 1.54) is 6.07 Å². The lowest BCUT2D eigenvalue weighted by Gasteiger charge is -2.32. The molecule has 0 radical (unpaired) electrons. The van der Waals surface area contributed by atoms with Crippen molar-refractivity contribution in [1.82, 2.24) is 9.80 Å². The third-order valence-electron chi connectivity index (χ3n) is 6.05. The average molecular weight is 462 g/mol. The van der Waals surface area contributed by atoms with Crippen molar-refractivity contribution in [2.45, 2.75) is 19.1 Å². The summed E-state index contributed by atoms with van der Waals surface area (Å²) >= 11 is 0. The van der Waals surface area contributed by atoms with Gasteiger partial charge in [0, 0.05) is 56.0 Å². The van der Waals surface area contributed by atoms with Crippen LogP contribution in [0.25, 0.3) is 0 Å². The van der Waals surface area contributed by atoms with Crippen molar-refractivity contribution in [2.75, 3.05) is 52.6 Å². The molecule has 3 fully saturated rings. The second-order valence-electron chi connectivity index (χ2n) is 8.31. The summed E-state index contributed by atoms with van der Waals surface area (Å²) in [6.07, 6.45) is -4.56. The Morgan fingerprint density at radius 3 is 2.44 bits per heavy atom. The fourth-order valence-corrected chi connectivity index (χ4v) is 4.41. The number of amides is 1. The molecule has 32 heavy (non-hydrogen) atoms. The molecular formula is C21H26F4N2O5. The Labute approximate surface area is 182 Å². The highest BCUT2D eigenvalue weighted by Gasteiger charge is 2.52. The number of fused-ring (bicyclic) bond motifs is 1. The number of nitrogens with zero attached hydrogens (tertiary/aromatic N) is 2. The van der Waals surface area contributed by atoms with Crippen molar-refractivity contribution in [1.29, 1.82) is 0 Å². The van der Waals surface area contributed by atoms with Gasteiger partial charge >= 0.3 is 12.1 Å². The molecule has 11 heteroatoms. The third-order valence-corrected chi connectivity index (χ3v) is 6.05. The van der Waals surface area contributed by atoms with E-state index in [1.807, 2.05) is 17.0 Å². The minimum atomic E-state index is -5.08. The van der Waals surface area contributed by atoms with Crippen LogP contribution in [0.2, 0.25) is 0 Å². The summed E-state index contributed by atoms with van der Waals surface area (Å²) in [4.78, 5) is 25.8. The second kappa shape index (κ2) is 10.1. The Balaban J connectivity index is 0.000000360. The van der Waals surface area contributed by atoms with Gasteiger partial charge in [0.2, 0.25) is 5.91 Å². The number of rotatable bonds is 4. The van der Waals surface area contributed by atoms with Crippen LogP contribution >= 0.6 is 0 Å². The molecule has 3 aliphatic heterocycles. The topological polar surface area (TPSA) is 79.3 Å². The minimum Gasteiger partial charge on any atom is -0.475 e. The van der Waals surface area contributed by atoms with Crippen molar-refractivity contribution in [3.05, 3.63) is 35.6 Å². The molecule has 3 aliphatic rings. The number of carbonyl (C=O) groups excluding carboxylic acids is 1. The zero-order valence-corrected chi connectivity index (χ0v) is 17.4. The Morgan fingerprint density at radius 1 is 1.16 bits per heavy atom. The highest BCUT2D eigenvalue weighted by molar-refractivity contribution is 5.77. The Kier molecular flexibility index (Phi) is 7.73. The van der Waals surface area contributed by atoms with E-state index in [9.17, 15) is 22.4 Å². The standard InChI is InChI=1S/C19H25FN2O3.C2HF3O2/c20-17-4-2-1-3-15(17)10-21-11-16-12-25-14-19(16,13-21)9-18(23)22-5-7-24-8-6-22;3-2(4,5)1(6)7/h1-4,16H,5-14H2;(H,6,7)/t16-,19+;/m1./s1. The average Bonchev–Trinajstić information content (AvgIpc) is 3.26. The molecule has 178 valence electrons. The lowest BCUT2D eigenvalue weighted by atomic mass is 9.77. The first kappa shape index (κ1) is 24.4. The molecule has 0 saturated carbocycles. The van der Waals surface area contributed by atoms with Crippen LogP contribution in [-0.2, 0) is 25.6 Å². The van der Waals surface area contributed by atoms with Crippen molar-refractivity contribution in [2.24, 2.45) is 11.3 Å². The van der Waals surface area contributed by atoms with Crippen molar-refractivity contribution in [3.8, 4) is 0 Å². The Hall–Kier alpha value is -2.24. The number of aliphatic carboxylic acids is 1. The molecule has 2 atom stereocenters. The molecule has 1 N–H and O–H groups in total. The molecule has 3 saturated heterocycles. The lowest BCUT2D eigenvalue weighted by Crippen LogP contribution is -2.44. The number of alkyl halides is 3. The van der Waals surface area contributed by atoms with Gasteiger partial charge in [-0.3, -0.25) is 9.69 Å². The number of morpholine rings is 1. The van der Waals surface area contributed by atoms with Crippen molar-refractivity contribution < 1.29 is 41.7 Å². The van der Waals surface area contributed by atoms with E-state index >= 15 is 0 Å². The van der Waals surface area contributed by atoms with Gasteiger partial charge in [0.25, 0.3) is 0 Å². The van der Waals surface area contributed by atoms with E-state index in [-0.39, 0.29) is 17.1 Å². The van der Waals surface area contributed by atoms with E-state index in [1.54, 1.807) is 6.07 Å². The summed E-state index contributed by atoms with van der Waals surface area (Å²) in [5.74, 6) is -2.36. The Bertz CT molecular complexity index is 816. The summed E-state index contributed by atoms with van der Waals surface area (Å²) in [7, 11) is 0. The maximum absolute atomic E-state index is 14.0. The minimum absolute atomic E-state index is 0.124. The van der Waals surface area contributed by atoms with Crippen LogP contribution in [-0.4, -0.2) is 85.6 Å². The van der Waals surface area contributed by atoms with Gasteiger partial charge in [-0.1, -0.05) is 18.2 Å². The SMILES string of the molecule is O=C(C[C@]12COC[C@H]1CN(Cc1ccccc1F)C2)N1CCOCC1.O=C(O)C(F)(F)F. The molecule has 0 aliphatic carbocycles. The van der Waals surface area contributed by atoms with Gasteiger partial charge < -0.3 is 19.5 Å². The Morgan fingerprint density at radius 2 is 1.81 bits per heavy atom. The number of benzene rings is 1. The molecule has 1 aromatic rings. The van der Waals surface area contributed by atoms with Gasteiger partial charge in [-0.2, -0.15) is 13.2 Å². The van der Waals surface area contributed by atoms with E-state index in [2.05, 4.69) is 4.90 Å². The monoisotopic (exact) mass is 462 g/mol. The third kappa shape index (κ3) is 5.96. The molecule has 4 rings (SSSR count). The van der Waals surface area contributed by atoms with Gasteiger partial charge in [0.05, 0.1) is 26.4 Å². The second-order valence-corrected chi connectivity index (χ2v) is 8.31. The first-order valence-electron chi connectivity index (χ1n) is 10.3. The number of likely N-dealkylation sites (tertiary alicyclic amines) is 1. The maximum Gasteiger partial charge on any atom is 0.490 e. The van der Waals surface area contributed by atoms with Crippen molar-refractivity contribution in [3.63, 3.8) is 0 Å². The van der Waals surface area contributed by atoms with Crippen molar-refractivity contribution >= 4 is 11.9 Å². The van der Waals surface area contributed by atoms with Crippen LogP contribution in [0, 0.1) is 17.2 Å². The quantitative estimate of drug-likeness (QED) is 0.691. The molecule has 1 amide bonds. The van der Waals surface area contributed by atoms with E-state index in [0.717, 1.165) is 18.7 Å². The molecule has 0 aromatic heterocycles. The van der Waals surface area contributed by atoms with E-state index < -0.39 is 12.1 Å². The normalized spacial score (nSPS) is 25.8. The number of ether oxygens (including phenoxy) is 2. The predicted octanol–water partition coefficient (Wildman–Crippen LogP) is 2.16. The van der Waals surface area contributed by atoms with Crippen LogP contribution in [0.3, 0.4) is 0 Å². The summed E-state index contributed by atoms with van der Waals surface area (Å²) in [6.45, 7) is 6.18. The highest BCUT2D eigenvalue weighted by Crippen LogP contribution is 2.44. The van der Waals surface area contributed by atoms with Gasteiger partial charge in [0.1, 0.15) is 5.82 Å². The number of halogens is 4. The fourth-order valence-electron chi connectivity index (χ4n) is 4.41. The first-order chi connectivity index (χ1) is 15.1. The molecule has 1 aromatic carbocycles. The number of hydrogen-bond acceptors (Lipinski definition) is 5. The van der Waals surface area contributed by atoms with E-state index in [4.69, 9.17) is 19.4 Å². The molecule has 0 bridgehead atoms. The maximum atomic E-state index is 14.0. The summed E-state index contributed by atoms with van der Waals surface area (Å²) in [5, 5.41) is 7.12. The number of hydrogen-bond donors (Lipinski definition) is 1. The zero-order valence-electron chi connectivity index (χ0n) is 17.4. The van der Waals surface area contributed by atoms with Crippen LogP contribution in [0.5, 0.6) is 0 Å². The fraction of sp³-hybridized carbons (Fsp3) is 0.619. The smallest absolute Gasteiger partial charge is 0.475 e. The van der Waals surface area contributed by atoms with Gasteiger partial charge in [0.15, 0.2) is 0 Å².